The van der Waals surface area contributed by atoms with Crippen molar-refractivity contribution in [2.45, 2.75) is 18.9 Å². The second kappa shape index (κ2) is 7.97. The Morgan fingerprint density at radius 3 is 2.77 bits per heavy atom. The number of nitrogens with one attached hydrogen (secondary N) is 1. The van der Waals surface area contributed by atoms with Crippen LogP contribution in [0.3, 0.4) is 0 Å². The lowest BCUT2D eigenvalue weighted by Gasteiger charge is -2.38. The van der Waals surface area contributed by atoms with Crippen molar-refractivity contribution in [3.8, 4) is 6.07 Å². The first-order valence-corrected chi connectivity index (χ1v) is 10.5. The van der Waals surface area contributed by atoms with E-state index in [0.717, 1.165) is 50.3 Å². The fourth-order valence-corrected chi connectivity index (χ4v) is 4.60. The van der Waals surface area contributed by atoms with Crippen LogP contribution in [0.5, 0.6) is 0 Å². The molecule has 0 spiro atoms. The van der Waals surface area contributed by atoms with Crippen molar-refractivity contribution < 1.29 is 4.39 Å². The number of H-pyrrole nitrogens is 1. The number of fused-ring (bicyclic) bond motifs is 1. The van der Waals surface area contributed by atoms with Gasteiger partial charge in [-0.05, 0) is 54.8 Å². The quantitative estimate of drug-likeness (QED) is 0.710. The number of nitrogens with zero attached hydrogens (tertiary/aromatic N) is 4. The van der Waals surface area contributed by atoms with Crippen LogP contribution in [0.1, 0.15) is 24.1 Å². The molecule has 1 aliphatic heterocycles. The number of halogens is 1. The molecule has 2 aliphatic rings. The lowest BCUT2D eigenvalue weighted by molar-refractivity contribution is 0.214. The maximum atomic E-state index is 14.4. The topological polar surface area (TPSA) is 76.0 Å². The Balaban J connectivity index is 1.29. The average Bonchev–Trinajstić information content (AvgIpc) is 3.29. The van der Waals surface area contributed by atoms with E-state index in [1.54, 1.807) is 30.5 Å². The molecule has 1 fully saturated rings. The molecule has 0 saturated carbocycles. The molecule has 31 heavy (non-hydrogen) atoms. The van der Waals surface area contributed by atoms with Gasteiger partial charge in [0, 0.05) is 44.1 Å². The van der Waals surface area contributed by atoms with Gasteiger partial charge in [-0.25, -0.2) is 4.39 Å². The van der Waals surface area contributed by atoms with Crippen molar-refractivity contribution in [2.75, 3.05) is 31.1 Å². The molecule has 1 N–H and O–H groups in total. The predicted molar refractivity (Wildman–Crippen MR) is 118 cm³/mol. The van der Waals surface area contributed by atoms with Crippen molar-refractivity contribution in [3.05, 3.63) is 76.1 Å². The van der Waals surface area contributed by atoms with Crippen molar-refractivity contribution in [3.63, 3.8) is 0 Å². The lowest BCUT2D eigenvalue weighted by Crippen LogP contribution is -2.49. The molecule has 1 aromatic carbocycles. The zero-order chi connectivity index (χ0) is 21.4. The van der Waals surface area contributed by atoms with Crippen LogP contribution in [0.15, 0.2) is 53.5 Å². The monoisotopic (exact) mass is 415 g/mol. The first-order valence-electron chi connectivity index (χ1n) is 10.5. The van der Waals surface area contributed by atoms with E-state index < -0.39 is 0 Å². The minimum absolute atomic E-state index is 0.108. The lowest BCUT2D eigenvalue weighted by atomic mass is 10.1. The highest BCUT2D eigenvalue weighted by atomic mass is 19.1. The highest BCUT2D eigenvalue weighted by molar-refractivity contribution is 5.81. The van der Waals surface area contributed by atoms with Gasteiger partial charge in [-0.15, -0.1) is 0 Å². The summed E-state index contributed by atoms with van der Waals surface area (Å²) < 4.78 is 14.4. The molecule has 0 radical (unpaired) electrons. The Bertz CT molecular complexity index is 1270. The molecule has 3 aromatic rings. The molecule has 1 saturated heterocycles. The molecule has 5 rings (SSSR count). The number of hydrogen-bond acceptors (Lipinski definition) is 5. The maximum absolute atomic E-state index is 14.4. The van der Waals surface area contributed by atoms with E-state index in [1.807, 2.05) is 17.0 Å². The van der Waals surface area contributed by atoms with Gasteiger partial charge in [0.2, 0.25) is 0 Å². The Morgan fingerprint density at radius 2 is 2.00 bits per heavy atom. The molecule has 156 valence electrons. The second-order valence-electron chi connectivity index (χ2n) is 8.05. The summed E-state index contributed by atoms with van der Waals surface area (Å²) in [6.07, 6.45) is 5.86. The number of rotatable bonds is 3. The predicted octanol–water partition coefficient (Wildman–Crippen LogP) is 3.30. The van der Waals surface area contributed by atoms with Gasteiger partial charge in [-0.3, -0.25) is 14.7 Å². The summed E-state index contributed by atoms with van der Waals surface area (Å²) in [4.78, 5) is 24.2. The first-order chi connectivity index (χ1) is 15.1. The highest BCUT2D eigenvalue weighted by Gasteiger charge is 2.27. The molecule has 1 aliphatic carbocycles. The minimum Gasteiger partial charge on any atom is -0.367 e. The van der Waals surface area contributed by atoms with Crippen LogP contribution in [0.4, 0.5) is 10.1 Å². The smallest absolute Gasteiger partial charge is 0.257 e. The number of anilines is 1. The number of benzene rings is 1. The standard InChI is InChI=1S/C24H22FN5O/c25-20-12-16(15-26)3-6-23(20)30-10-8-29(9-11-30)18-5-4-17(13-18)21-14-22-19(24(31)28-21)2-1-7-27-22/h1-3,6-7,12-14,18H,4-5,8-11H2,(H,28,31). The summed E-state index contributed by atoms with van der Waals surface area (Å²) in [5, 5.41) is 9.53. The van der Waals surface area contributed by atoms with Gasteiger partial charge >= 0.3 is 0 Å². The third kappa shape index (κ3) is 3.71. The van der Waals surface area contributed by atoms with Crippen molar-refractivity contribution in [1.82, 2.24) is 14.9 Å². The average molecular weight is 415 g/mol. The molecule has 0 bridgehead atoms. The third-order valence-electron chi connectivity index (χ3n) is 6.26. The molecule has 3 heterocycles. The van der Waals surface area contributed by atoms with Gasteiger partial charge < -0.3 is 9.88 Å². The van der Waals surface area contributed by atoms with E-state index in [2.05, 4.69) is 20.9 Å². The minimum atomic E-state index is -0.343. The number of aromatic nitrogens is 2. The summed E-state index contributed by atoms with van der Waals surface area (Å²) in [5.41, 5.74) is 3.49. The van der Waals surface area contributed by atoms with Crippen molar-refractivity contribution in [1.29, 1.82) is 5.26 Å². The van der Waals surface area contributed by atoms with Gasteiger partial charge in [0.05, 0.1) is 28.2 Å². The molecule has 0 amide bonds. The van der Waals surface area contributed by atoms with Gasteiger partial charge in [-0.2, -0.15) is 5.26 Å². The summed E-state index contributed by atoms with van der Waals surface area (Å²) in [6, 6.07) is 12.5. The van der Waals surface area contributed by atoms with Crippen LogP contribution < -0.4 is 10.5 Å². The van der Waals surface area contributed by atoms with Crippen LogP contribution in [0.2, 0.25) is 0 Å². The van der Waals surface area contributed by atoms with Gasteiger partial charge in [-0.1, -0.05) is 6.08 Å². The van der Waals surface area contributed by atoms with Crippen LogP contribution in [0.25, 0.3) is 16.5 Å². The zero-order valence-electron chi connectivity index (χ0n) is 17.0. The third-order valence-corrected chi connectivity index (χ3v) is 6.26. The van der Waals surface area contributed by atoms with E-state index in [-0.39, 0.29) is 11.4 Å². The summed E-state index contributed by atoms with van der Waals surface area (Å²) in [7, 11) is 0. The number of pyridine rings is 2. The largest absolute Gasteiger partial charge is 0.367 e. The van der Waals surface area contributed by atoms with Gasteiger partial charge in [0.1, 0.15) is 5.82 Å². The molecular weight excluding hydrogens is 393 g/mol. The molecule has 1 unspecified atom stereocenters. The van der Waals surface area contributed by atoms with E-state index in [0.29, 0.717) is 28.2 Å². The summed E-state index contributed by atoms with van der Waals surface area (Å²) in [6.45, 7) is 3.14. The maximum Gasteiger partial charge on any atom is 0.257 e. The molecular formula is C24H22FN5O. The molecule has 7 heteroatoms. The highest BCUT2D eigenvalue weighted by Crippen LogP contribution is 2.31. The number of hydrogen-bond donors (Lipinski definition) is 1. The van der Waals surface area contributed by atoms with E-state index >= 15 is 0 Å². The van der Waals surface area contributed by atoms with Crippen molar-refractivity contribution in [2.24, 2.45) is 0 Å². The van der Waals surface area contributed by atoms with E-state index in [9.17, 15) is 9.18 Å². The Hall–Kier alpha value is -3.50. The number of nitriles is 1. The Kier molecular flexibility index (Phi) is 5.00. The second-order valence-corrected chi connectivity index (χ2v) is 8.05. The van der Waals surface area contributed by atoms with Crippen LogP contribution >= 0.6 is 0 Å². The first kappa shape index (κ1) is 19.5. The van der Waals surface area contributed by atoms with Crippen LogP contribution in [-0.4, -0.2) is 47.1 Å². The van der Waals surface area contributed by atoms with Crippen molar-refractivity contribution >= 4 is 22.2 Å². The Morgan fingerprint density at radius 1 is 1.16 bits per heavy atom. The summed E-state index contributed by atoms with van der Waals surface area (Å²) >= 11 is 0. The van der Waals surface area contributed by atoms with Gasteiger partial charge in [0.25, 0.3) is 5.56 Å². The molecule has 2 aromatic heterocycles. The zero-order valence-corrected chi connectivity index (χ0v) is 17.0. The fourth-order valence-electron chi connectivity index (χ4n) is 4.60. The normalized spacial score (nSPS) is 19.4. The molecule has 6 nitrogen and oxygen atoms in total. The number of allylic oxidation sites excluding steroid dienone is 1. The number of piperazine rings is 1. The van der Waals surface area contributed by atoms with Crippen LogP contribution in [0, 0.1) is 17.1 Å². The van der Waals surface area contributed by atoms with Gasteiger partial charge in [0.15, 0.2) is 0 Å². The fraction of sp³-hybridized carbons (Fsp3) is 0.292. The number of aromatic amines is 1. The molecule has 1 atom stereocenters. The SMILES string of the molecule is N#Cc1ccc(N2CCN(C3C=C(c4cc5ncccc5c(=O)[nH]4)CC3)CC2)c(F)c1. The Labute approximate surface area is 179 Å². The van der Waals surface area contributed by atoms with E-state index in [4.69, 9.17) is 5.26 Å². The van der Waals surface area contributed by atoms with Crippen LogP contribution in [-0.2, 0) is 0 Å². The van der Waals surface area contributed by atoms with E-state index in [1.165, 1.54) is 6.07 Å². The summed E-state index contributed by atoms with van der Waals surface area (Å²) in [5.74, 6) is -0.343.